The minimum atomic E-state index is -0.589. The van der Waals surface area contributed by atoms with E-state index in [9.17, 15) is 4.79 Å². The van der Waals surface area contributed by atoms with Crippen LogP contribution < -0.4 is 11.1 Å². The van der Waals surface area contributed by atoms with Crippen LogP contribution in [0.5, 0.6) is 0 Å². The second kappa shape index (κ2) is 6.44. The molecule has 0 spiro atoms. The monoisotopic (exact) mass is 242 g/mol. The zero-order valence-electron chi connectivity index (χ0n) is 10.5. The van der Waals surface area contributed by atoms with E-state index in [0.717, 1.165) is 13.0 Å². The fourth-order valence-corrected chi connectivity index (χ4v) is 1.99. The molecule has 1 aliphatic heterocycles. The number of nitrogens with one attached hydrogen (secondary N) is 1. The summed E-state index contributed by atoms with van der Waals surface area (Å²) in [6.45, 7) is 3.32. The predicted octanol–water partition coefficient (Wildman–Crippen LogP) is -0.0306. The first-order valence-corrected chi connectivity index (χ1v) is 6.01. The minimum absolute atomic E-state index is 0.0560. The third-order valence-corrected chi connectivity index (χ3v) is 3.39. The van der Waals surface area contributed by atoms with Gasteiger partial charge in [0.05, 0.1) is 5.92 Å². The van der Waals surface area contributed by atoms with Crippen molar-refractivity contribution in [3.8, 4) is 0 Å². The van der Waals surface area contributed by atoms with Crippen LogP contribution in [-0.4, -0.2) is 48.0 Å². The summed E-state index contributed by atoms with van der Waals surface area (Å²) in [5.74, 6) is -0.840. The maximum atomic E-state index is 11.7. The lowest BCUT2D eigenvalue weighted by Crippen LogP contribution is -2.47. The van der Waals surface area contributed by atoms with Gasteiger partial charge in [0.1, 0.15) is 0 Å². The molecule has 0 aromatic heterocycles. The average Bonchev–Trinajstić information content (AvgIpc) is 2.35. The number of likely N-dealkylation sites (tertiary alicyclic amines) is 1. The number of hydrogen-bond acceptors (Lipinski definition) is 4. The molecule has 2 unspecified atom stereocenters. The maximum Gasteiger partial charge on any atom is 0.230 e. The maximum absolute atomic E-state index is 11.7. The lowest BCUT2D eigenvalue weighted by atomic mass is 10.0. The highest BCUT2D eigenvalue weighted by Gasteiger charge is 2.22. The van der Waals surface area contributed by atoms with Crippen LogP contribution in [-0.2, 0) is 4.79 Å². The Kier molecular flexibility index (Phi) is 5.21. The Balaban J connectivity index is 2.37. The topological polar surface area (TPSA) is 91.0 Å². The summed E-state index contributed by atoms with van der Waals surface area (Å²) < 4.78 is 0. The van der Waals surface area contributed by atoms with E-state index in [0.29, 0.717) is 12.6 Å². The lowest BCUT2D eigenvalue weighted by molar-refractivity contribution is -0.123. The Bertz CT molecular complexity index is 293. The third-order valence-electron chi connectivity index (χ3n) is 3.39. The van der Waals surface area contributed by atoms with Crippen molar-refractivity contribution >= 4 is 11.7 Å². The molecule has 6 heteroatoms. The van der Waals surface area contributed by atoms with Crippen molar-refractivity contribution in [2.75, 3.05) is 20.1 Å². The SMILES string of the molecule is CC(C(=O)NCC1CCCCN1C)C(N)=NO. The lowest BCUT2D eigenvalue weighted by Gasteiger charge is -2.32. The first-order chi connectivity index (χ1) is 8.06. The summed E-state index contributed by atoms with van der Waals surface area (Å²) >= 11 is 0. The molecular weight excluding hydrogens is 220 g/mol. The molecule has 0 saturated carbocycles. The van der Waals surface area contributed by atoms with Crippen LogP contribution in [0.3, 0.4) is 0 Å². The Morgan fingerprint density at radius 2 is 2.35 bits per heavy atom. The molecule has 1 heterocycles. The van der Waals surface area contributed by atoms with E-state index in [1.165, 1.54) is 12.8 Å². The number of carbonyl (C=O) groups excluding carboxylic acids is 1. The van der Waals surface area contributed by atoms with Gasteiger partial charge in [0.2, 0.25) is 5.91 Å². The van der Waals surface area contributed by atoms with E-state index >= 15 is 0 Å². The van der Waals surface area contributed by atoms with Crippen molar-refractivity contribution in [1.82, 2.24) is 10.2 Å². The van der Waals surface area contributed by atoms with Crippen LogP contribution in [0.2, 0.25) is 0 Å². The molecule has 4 N–H and O–H groups in total. The molecule has 0 aromatic rings. The van der Waals surface area contributed by atoms with Crippen molar-refractivity contribution in [1.29, 1.82) is 0 Å². The smallest absolute Gasteiger partial charge is 0.230 e. The van der Waals surface area contributed by atoms with Gasteiger partial charge in [-0.25, -0.2) is 0 Å². The van der Waals surface area contributed by atoms with E-state index in [4.69, 9.17) is 10.9 Å². The second-order valence-electron chi connectivity index (χ2n) is 4.62. The standard InChI is InChI=1S/C11H22N4O2/c1-8(10(12)14-17)11(16)13-7-9-5-3-4-6-15(9)2/h8-9,17H,3-7H2,1-2H3,(H2,12,14)(H,13,16). The van der Waals surface area contributed by atoms with Gasteiger partial charge in [0, 0.05) is 12.6 Å². The fourth-order valence-electron chi connectivity index (χ4n) is 1.99. The molecule has 0 bridgehead atoms. The Morgan fingerprint density at radius 3 is 2.94 bits per heavy atom. The first kappa shape index (κ1) is 13.8. The highest BCUT2D eigenvalue weighted by molar-refractivity contribution is 6.01. The molecule has 6 nitrogen and oxygen atoms in total. The van der Waals surface area contributed by atoms with Gasteiger partial charge in [-0.2, -0.15) is 0 Å². The molecule has 2 atom stereocenters. The molecule has 17 heavy (non-hydrogen) atoms. The molecule has 98 valence electrons. The van der Waals surface area contributed by atoms with E-state index in [2.05, 4.69) is 22.4 Å². The van der Waals surface area contributed by atoms with Crippen LogP contribution in [0.1, 0.15) is 26.2 Å². The van der Waals surface area contributed by atoms with Crippen LogP contribution in [0.15, 0.2) is 5.16 Å². The second-order valence-corrected chi connectivity index (χ2v) is 4.62. The quantitative estimate of drug-likeness (QED) is 0.279. The first-order valence-electron chi connectivity index (χ1n) is 6.01. The third kappa shape index (κ3) is 3.89. The number of amidine groups is 1. The van der Waals surface area contributed by atoms with Gasteiger partial charge in [0.15, 0.2) is 5.84 Å². The summed E-state index contributed by atoms with van der Waals surface area (Å²) in [5.41, 5.74) is 5.38. The van der Waals surface area contributed by atoms with Crippen LogP contribution >= 0.6 is 0 Å². The number of likely N-dealkylation sites (N-methyl/N-ethyl adjacent to an activating group) is 1. The molecule has 1 fully saturated rings. The van der Waals surface area contributed by atoms with E-state index < -0.39 is 5.92 Å². The zero-order valence-corrected chi connectivity index (χ0v) is 10.5. The van der Waals surface area contributed by atoms with Gasteiger partial charge in [0.25, 0.3) is 0 Å². The van der Waals surface area contributed by atoms with E-state index in [-0.39, 0.29) is 11.7 Å². The van der Waals surface area contributed by atoms with Crippen molar-refractivity contribution in [2.45, 2.75) is 32.2 Å². The number of carbonyl (C=O) groups is 1. The van der Waals surface area contributed by atoms with Gasteiger partial charge in [-0.3, -0.25) is 4.79 Å². The van der Waals surface area contributed by atoms with E-state index in [1.54, 1.807) is 6.92 Å². The predicted molar refractivity (Wildman–Crippen MR) is 65.9 cm³/mol. The van der Waals surface area contributed by atoms with Crippen molar-refractivity contribution in [2.24, 2.45) is 16.8 Å². The number of hydrogen-bond donors (Lipinski definition) is 3. The Labute approximate surface area is 102 Å². The Hall–Kier alpha value is -1.30. The summed E-state index contributed by atoms with van der Waals surface area (Å²) in [4.78, 5) is 14.0. The Morgan fingerprint density at radius 1 is 1.65 bits per heavy atom. The van der Waals surface area contributed by atoms with Crippen molar-refractivity contribution < 1.29 is 10.0 Å². The van der Waals surface area contributed by atoms with Crippen molar-refractivity contribution in [3.63, 3.8) is 0 Å². The normalized spacial score (nSPS) is 24.4. The van der Waals surface area contributed by atoms with Gasteiger partial charge in [-0.05, 0) is 33.4 Å². The average molecular weight is 242 g/mol. The number of amides is 1. The molecular formula is C11H22N4O2. The molecule has 1 rings (SSSR count). The number of rotatable bonds is 4. The summed E-state index contributed by atoms with van der Waals surface area (Å²) in [5, 5.41) is 14.2. The van der Waals surface area contributed by atoms with Gasteiger partial charge in [-0.15, -0.1) is 0 Å². The minimum Gasteiger partial charge on any atom is -0.409 e. The van der Waals surface area contributed by atoms with E-state index in [1.807, 2.05) is 0 Å². The zero-order chi connectivity index (χ0) is 12.8. The van der Waals surface area contributed by atoms with Crippen LogP contribution in [0, 0.1) is 5.92 Å². The molecule has 1 saturated heterocycles. The summed E-state index contributed by atoms with van der Waals surface area (Å²) in [7, 11) is 2.07. The van der Waals surface area contributed by atoms with Gasteiger partial charge >= 0.3 is 0 Å². The summed E-state index contributed by atoms with van der Waals surface area (Å²) in [6, 6.07) is 0.396. The van der Waals surface area contributed by atoms with Crippen molar-refractivity contribution in [3.05, 3.63) is 0 Å². The van der Waals surface area contributed by atoms with Gasteiger partial charge in [-0.1, -0.05) is 11.6 Å². The molecule has 0 radical (unpaired) electrons. The van der Waals surface area contributed by atoms with Crippen LogP contribution in [0.25, 0.3) is 0 Å². The number of piperidine rings is 1. The largest absolute Gasteiger partial charge is 0.409 e. The highest BCUT2D eigenvalue weighted by Crippen LogP contribution is 2.14. The van der Waals surface area contributed by atoms with Crippen LogP contribution in [0.4, 0.5) is 0 Å². The molecule has 1 amide bonds. The number of oxime groups is 1. The highest BCUT2D eigenvalue weighted by atomic mass is 16.4. The molecule has 1 aliphatic rings. The summed E-state index contributed by atoms with van der Waals surface area (Å²) in [6.07, 6.45) is 3.54. The number of nitrogens with zero attached hydrogens (tertiary/aromatic N) is 2. The number of nitrogens with two attached hydrogens (primary N) is 1. The molecule has 0 aromatic carbocycles. The molecule has 0 aliphatic carbocycles. The van der Waals surface area contributed by atoms with Gasteiger partial charge < -0.3 is 21.2 Å². The fraction of sp³-hybridized carbons (Fsp3) is 0.818.